The highest BCUT2D eigenvalue weighted by atomic mass is 16.5. The van der Waals surface area contributed by atoms with E-state index in [0.29, 0.717) is 29.2 Å². The van der Waals surface area contributed by atoms with Gasteiger partial charge in [-0.1, -0.05) is 12.1 Å². The topological polar surface area (TPSA) is 67.9 Å². The third-order valence-electron chi connectivity index (χ3n) is 3.85. The molecule has 144 valence electrons. The fourth-order valence-corrected chi connectivity index (χ4v) is 2.47. The van der Waals surface area contributed by atoms with E-state index in [1.165, 1.54) is 4.90 Å². The van der Waals surface area contributed by atoms with Crippen LogP contribution >= 0.6 is 0 Å². The van der Waals surface area contributed by atoms with Gasteiger partial charge in [-0.25, -0.2) is 0 Å². The molecule has 0 aliphatic carbocycles. The van der Waals surface area contributed by atoms with Gasteiger partial charge < -0.3 is 19.7 Å². The third-order valence-corrected chi connectivity index (χ3v) is 3.85. The second kappa shape index (κ2) is 9.07. The maximum atomic E-state index is 12.4. The van der Waals surface area contributed by atoms with Crippen molar-refractivity contribution in [2.75, 3.05) is 21.2 Å². The van der Waals surface area contributed by atoms with E-state index in [1.807, 2.05) is 26.0 Å². The van der Waals surface area contributed by atoms with Crippen LogP contribution in [0.15, 0.2) is 42.5 Å². The Morgan fingerprint density at radius 3 is 2.19 bits per heavy atom. The molecule has 2 rings (SSSR count). The summed E-state index contributed by atoms with van der Waals surface area (Å²) in [6.07, 6.45) is 0.0147. The molecule has 0 saturated heterocycles. The molecule has 0 heterocycles. The quantitative estimate of drug-likeness (QED) is 0.813. The molecular formula is C21H26N2O4. The molecule has 0 unspecified atom stereocenters. The molecule has 0 fully saturated rings. The summed E-state index contributed by atoms with van der Waals surface area (Å²) in [5.74, 6) is 0.854. The highest BCUT2D eigenvalue weighted by Crippen LogP contribution is 2.29. The number of benzene rings is 2. The first-order valence-corrected chi connectivity index (χ1v) is 8.75. The Balaban J connectivity index is 2.02. The number of hydrogen-bond acceptors (Lipinski definition) is 4. The van der Waals surface area contributed by atoms with Crippen LogP contribution in [0.25, 0.3) is 0 Å². The van der Waals surface area contributed by atoms with Crippen LogP contribution in [0.4, 0.5) is 0 Å². The SMILES string of the molecule is COc1cc(C(=O)NCc2ccc(C(=O)N(C)C)cc2)ccc1OC(C)C. The van der Waals surface area contributed by atoms with Crippen molar-refractivity contribution in [1.29, 1.82) is 0 Å². The summed E-state index contributed by atoms with van der Waals surface area (Å²) in [7, 11) is 4.96. The third kappa shape index (κ3) is 5.48. The number of amides is 2. The van der Waals surface area contributed by atoms with Gasteiger partial charge in [0.25, 0.3) is 11.8 Å². The van der Waals surface area contributed by atoms with Crippen molar-refractivity contribution in [2.24, 2.45) is 0 Å². The number of hydrogen-bond donors (Lipinski definition) is 1. The van der Waals surface area contributed by atoms with Gasteiger partial charge in [-0.05, 0) is 49.7 Å². The summed E-state index contributed by atoms with van der Waals surface area (Å²) in [6.45, 7) is 4.22. The predicted molar refractivity (Wildman–Crippen MR) is 104 cm³/mol. The van der Waals surface area contributed by atoms with E-state index in [4.69, 9.17) is 9.47 Å². The van der Waals surface area contributed by atoms with Crippen molar-refractivity contribution < 1.29 is 19.1 Å². The smallest absolute Gasteiger partial charge is 0.253 e. The Bertz CT molecular complexity index is 798. The molecule has 6 nitrogen and oxygen atoms in total. The van der Waals surface area contributed by atoms with Gasteiger partial charge in [0.1, 0.15) is 0 Å². The van der Waals surface area contributed by atoms with Gasteiger partial charge in [0.2, 0.25) is 0 Å². The van der Waals surface area contributed by atoms with E-state index in [-0.39, 0.29) is 17.9 Å². The monoisotopic (exact) mass is 370 g/mol. The van der Waals surface area contributed by atoms with Crippen molar-refractivity contribution >= 4 is 11.8 Å². The molecule has 0 radical (unpaired) electrons. The second-order valence-corrected chi connectivity index (χ2v) is 6.61. The molecule has 0 atom stereocenters. The summed E-state index contributed by atoms with van der Waals surface area (Å²) in [4.78, 5) is 25.8. The number of carbonyl (C=O) groups is 2. The first kappa shape index (κ1) is 20.3. The van der Waals surface area contributed by atoms with Crippen molar-refractivity contribution in [3.63, 3.8) is 0 Å². The van der Waals surface area contributed by atoms with Crippen LogP contribution in [0, 0.1) is 0 Å². The fraction of sp³-hybridized carbons (Fsp3) is 0.333. The highest BCUT2D eigenvalue weighted by molar-refractivity contribution is 5.95. The lowest BCUT2D eigenvalue weighted by Gasteiger charge is -2.14. The minimum absolute atomic E-state index is 0.0147. The van der Waals surface area contributed by atoms with Gasteiger partial charge in [0.15, 0.2) is 11.5 Å². The molecule has 2 aromatic rings. The molecular weight excluding hydrogens is 344 g/mol. The van der Waals surface area contributed by atoms with Gasteiger partial charge in [-0.15, -0.1) is 0 Å². The lowest BCUT2D eigenvalue weighted by Crippen LogP contribution is -2.23. The average molecular weight is 370 g/mol. The number of carbonyl (C=O) groups excluding carboxylic acids is 2. The van der Waals surface area contributed by atoms with Gasteiger partial charge >= 0.3 is 0 Å². The van der Waals surface area contributed by atoms with Crippen LogP contribution in [0.1, 0.15) is 40.1 Å². The lowest BCUT2D eigenvalue weighted by atomic mass is 10.1. The fourth-order valence-electron chi connectivity index (χ4n) is 2.47. The standard InChI is InChI=1S/C21H26N2O4/c1-14(2)27-18-11-10-17(12-19(18)26-5)20(24)22-13-15-6-8-16(9-7-15)21(25)23(3)4/h6-12,14H,13H2,1-5H3,(H,22,24). The molecule has 6 heteroatoms. The zero-order chi connectivity index (χ0) is 20.0. The zero-order valence-corrected chi connectivity index (χ0v) is 16.4. The summed E-state index contributed by atoms with van der Waals surface area (Å²) in [6, 6.07) is 12.3. The molecule has 2 aromatic carbocycles. The maximum Gasteiger partial charge on any atom is 0.253 e. The normalized spacial score (nSPS) is 10.4. The van der Waals surface area contributed by atoms with E-state index < -0.39 is 0 Å². The Morgan fingerprint density at radius 2 is 1.63 bits per heavy atom. The molecule has 0 aromatic heterocycles. The Morgan fingerprint density at radius 1 is 1.00 bits per heavy atom. The first-order chi connectivity index (χ1) is 12.8. The minimum atomic E-state index is -0.210. The first-order valence-electron chi connectivity index (χ1n) is 8.75. The number of rotatable bonds is 7. The molecule has 2 amide bonds. The second-order valence-electron chi connectivity index (χ2n) is 6.61. The highest BCUT2D eigenvalue weighted by Gasteiger charge is 2.12. The molecule has 0 aliphatic rings. The van der Waals surface area contributed by atoms with E-state index in [9.17, 15) is 9.59 Å². The molecule has 1 N–H and O–H groups in total. The number of ether oxygens (including phenoxy) is 2. The lowest BCUT2D eigenvalue weighted by molar-refractivity contribution is 0.0827. The Kier molecular flexibility index (Phi) is 6.82. The Labute approximate surface area is 160 Å². The number of methoxy groups -OCH3 is 1. The van der Waals surface area contributed by atoms with E-state index in [2.05, 4.69) is 5.32 Å². The van der Waals surface area contributed by atoms with Gasteiger partial charge in [-0.3, -0.25) is 9.59 Å². The molecule has 0 bridgehead atoms. The van der Waals surface area contributed by atoms with Crippen molar-refractivity contribution in [3.8, 4) is 11.5 Å². The van der Waals surface area contributed by atoms with E-state index in [0.717, 1.165) is 5.56 Å². The number of nitrogens with zero attached hydrogens (tertiary/aromatic N) is 1. The molecule has 0 saturated carbocycles. The van der Waals surface area contributed by atoms with Crippen LogP contribution in [0.3, 0.4) is 0 Å². The zero-order valence-electron chi connectivity index (χ0n) is 16.4. The summed E-state index contributed by atoms with van der Waals surface area (Å²) in [5, 5.41) is 2.87. The van der Waals surface area contributed by atoms with Crippen molar-refractivity contribution in [3.05, 3.63) is 59.2 Å². The van der Waals surface area contributed by atoms with E-state index in [1.54, 1.807) is 51.5 Å². The van der Waals surface area contributed by atoms with Gasteiger partial charge in [-0.2, -0.15) is 0 Å². The number of nitrogens with one attached hydrogen (secondary N) is 1. The van der Waals surface area contributed by atoms with Crippen LogP contribution in [0.2, 0.25) is 0 Å². The maximum absolute atomic E-state index is 12.4. The van der Waals surface area contributed by atoms with E-state index >= 15 is 0 Å². The van der Waals surface area contributed by atoms with Crippen molar-refractivity contribution in [1.82, 2.24) is 10.2 Å². The van der Waals surface area contributed by atoms with Crippen LogP contribution in [0.5, 0.6) is 11.5 Å². The molecule has 0 aliphatic heterocycles. The van der Waals surface area contributed by atoms with Crippen LogP contribution in [-0.4, -0.2) is 44.0 Å². The van der Waals surface area contributed by atoms with Crippen molar-refractivity contribution in [2.45, 2.75) is 26.5 Å². The van der Waals surface area contributed by atoms with Gasteiger partial charge in [0.05, 0.1) is 13.2 Å². The van der Waals surface area contributed by atoms with Crippen LogP contribution < -0.4 is 14.8 Å². The minimum Gasteiger partial charge on any atom is -0.493 e. The average Bonchev–Trinajstić information content (AvgIpc) is 2.65. The Hall–Kier alpha value is -3.02. The summed E-state index contributed by atoms with van der Waals surface area (Å²) >= 11 is 0. The summed E-state index contributed by atoms with van der Waals surface area (Å²) < 4.78 is 11.0. The predicted octanol–water partition coefficient (Wildman–Crippen LogP) is 3.11. The molecule has 0 spiro atoms. The van der Waals surface area contributed by atoms with Gasteiger partial charge in [0, 0.05) is 31.8 Å². The largest absolute Gasteiger partial charge is 0.493 e. The van der Waals surface area contributed by atoms with Crippen LogP contribution in [-0.2, 0) is 6.54 Å². The summed E-state index contributed by atoms with van der Waals surface area (Å²) in [5.41, 5.74) is 2.01. The molecule has 27 heavy (non-hydrogen) atoms.